The highest BCUT2D eigenvalue weighted by atomic mass is 32.2. The smallest absolute Gasteiger partial charge is 0.433 e. The molecule has 0 saturated carbocycles. The van der Waals surface area contributed by atoms with Gasteiger partial charge in [0.15, 0.2) is 17.2 Å². The van der Waals surface area contributed by atoms with E-state index in [4.69, 9.17) is 9.47 Å². The van der Waals surface area contributed by atoms with E-state index in [-0.39, 0.29) is 5.16 Å². The first-order chi connectivity index (χ1) is 15.0. The third-order valence-corrected chi connectivity index (χ3v) is 5.99. The van der Waals surface area contributed by atoms with Crippen LogP contribution in [0.15, 0.2) is 65.4 Å². The molecule has 0 amide bonds. The number of halogens is 3. The Labute approximate surface area is 183 Å². The number of aromatic nitrogens is 2. The molecule has 10 heteroatoms. The minimum atomic E-state index is -4.45. The second kappa shape index (κ2) is 9.78. The van der Waals surface area contributed by atoms with Gasteiger partial charge in [0.25, 0.3) is 0 Å². The van der Waals surface area contributed by atoms with Crippen molar-refractivity contribution in [2.24, 2.45) is 0 Å². The molecule has 1 fully saturated rings. The van der Waals surface area contributed by atoms with E-state index in [1.165, 1.54) is 11.8 Å². The quantitative estimate of drug-likeness (QED) is 0.474. The standard InChI is InChI=1S/C21H23F3N4O2S/c22-21(23,24)18-6-7-25-20(26-18)31-13-12-27-8-10-28(11-9-27)19-15-29-17(14-30-19)16-4-2-1-3-5-16/h1-2,4,6-7,14-15H,3,5,8-13H2. The maximum Gasteiger partial charge on any atom is 0.433 e. The first-order valence-corrected chi connectivity index (χ1v) is 11.1. The van der Waals surface area contributed by atoms with Crippen LogP contribution in [0, 0.1) is 0 Å². The van der Waals surface area contributed by atoms with E-state index in [0.29, 0.717) is 11.6 Å². The molecule has 4 rings (SSSR count). The van der Waals surface area contributed by atoms with Gasteiger partial charge in [-0.3, -0.25) is 4.90 Å². The molecule has 6 nitrogen and oxygen atoms in total. The molecule has 1 aromatic heterocycles. The van der Waals surface area contributed by atoms with Crippen LogP contribution < -0.4 is 0 Å². The highest BCUT2D eigenvalue weighted by Gasteiger charge is 2.32. The fraction of sp³-hybridized carbons (Fsp3) is 0.429. The molecule has 0 bridgehead atoms. The summed E-state index contributed by atoms with van der Waals surface area (Å²) in [5.41, 5.74) is 0.222. The summed E-state index contributed by atoms with van der Waals surface area (Å²) in [6, 6.07) is 0.885. The molecule has 0 N–H and O–H groups in total. The summed E-state index contributed by atoms with van der Waals surface area (Å²) in [7, 11) is 0. The number of ether oxygens (including phenoxy) is 2. The van der Waals surface area contributed by atoms with Crippen molar-refractivity contribution in [2.75, 3.05) is 38.5 Å². The van der Waals surface area contributed by atoms with Gasteiger partial charge < -0.3 is 14.4 Å². The van der Waals surface area contributed by atoms with Crippen molar-refractivity contribution in [3.63, 3.8) is 0 Å². The lowest BCUT2D eigenvalue weighted by molar-refractivity contribution is -0.141. The number of alkyl halides is 3. The normalized spacial score (nSPS) is 19.8. The molecule has 0 unspecified atom stereocenters. The number of hydrogen-bond acceptors (Lipinski definition) is 7. The topological polar surface area (TPSA) is 50.7 Å². The maximum absolute atomic E-state index is 12.7. The van der Waals surface area contributed by atoms with E-state index in [1.54, 1.807) is 12.5 Å². The van der Waals surface area contributed by atoms with Gasteiger partial charge in [-0.15, -0.1) is 0 Å². The van der Waals surface area contributed by atoms with Gasteiger partial charge in [-0.25, -0.2) is 9.97 Å². The van der Waals surface area contributed by atoms with Gasteiger partial charge in [-0.1, -0.05) is 30.0 Å². The van der Waals surface area contributed by atoms with Crippen LogP contribution in [0.1, 0.15) is 18.5 Å². The molecule has 31 heavy (non-hydrogen) atoms. The van der Waals surface area contributed by atoms with E-state index in [2.05, 4.69) is 25.8 Å². The van der Waals surface area contributed by atoms with Crippen LogP contribution in [0.2, 0.25) is 0 Å². The summed E-state index contributed by atoms with van der Waals surface area (Å²) in [6.45, 7) is 3.98. The summed E-state index contributed by atoms with van der Waals surface area (Å²) >= 11 is 1.24. The summed E-state index contributed by atoms with van der Waals surface area (Å²) in [4.78, 5) is 11.9. The summed E-state index contributed by atoms with van der Waals surface area (Å²) in [5, 5.41) is 0.150. The minimum Gasteiger partial charge on any atom is -0.456 e. The number of rotatable bonds is 6. The van der Waals surface area contributed by atoms with Gasteiger partial charge in [-0.2, -0.15) is 13.2 Å². The highest BCUT2D eigenvalue weighted by molar-refractivity contribution is 7.99. The van der Waals surface area contributed by atoms with Crippen LogP contribution >= 0.6 is 11.8 Å². The molecule has 0 atom stereocenters. The number of allylic oxidation sites excluding steroid dienone is 4. The Morgan fingerprint density at radius 1 is 1.10 bits per heavy atom. The molecule has 0 aromatic carbocycles. The largest absolute Gasteiger partial charge is 0.456 e. The zero-order valence-corrected chi connectivity index (χ0v) is 17.7. The molecule has 3 heterocycles. The van der Waals surface area contributed by atoms with E-state index >= 15 is 0 Å². The van der Waals surface area contributed by atoms with Gasteiger partial charge in [0, 0.05) is 44.7 Å². The van der Waals surface area contributed by atoms with Crippen LogP contribution in [-0.4, -0.2) is 58.2 Å². The van der Waals surface area contributed by atoms with Gasteiger partial charge in [0.1, 0.15) is 12.0 Å². The maximum atomic E-state index is 12.7. The zero-order valence-electron chi connectivity index (χ0n) is 16.8. The number of nitrogens with zero attached hydrogens (tertiary/aromatic N) is 4. The van der Waals surface area contributed by atoms with Crippen LogP contribution in [0.4, 0.5) is 13.2 Å². The minimum absolute atomic E-state index is 0.150. The molecule has 1 aromatic rings. The molecule has 1 saturated heterocycles. The fourth-order valence-corrected chi connectivity index (χ4v) is 4.25. The monoisotopic (exact) mass is 452 g/mol. The van der Waals surface area contributed by atoms with Crippen molar-refractivity contribution < 1.29 is 22.6 Å². The molecule has 0 radical (unpaired) electrons. The van der Waals surface area contributed by atoms with Gasteiger partial charge >= 0.3 is 6.18 Å². The third-order valence-electron chi connectivity index (χ3n) is 5.15. The van der Waals surface area contributed by atoms with E-state index < -0.39 is 11.9 Å². The van der Waals surface area contributed by atoms with E-state index in [0.717, 1.165) is 69.2 Å². The molecule has 0 spiro atoms. The zero-order chi connectivity index (χ0) is 21.7. The third kappa shape index (κ3) is 5.82. The Bertz CT molecular complexity index is 906. The Hall–Kier alpha value is -2.46. The lowest BCUT2D eigenvalue weighted by Crippen LogP contribution is -2.46. The Morgan fingerprint density at radius 2 is 1.94 bits per heavy atom. The molecule has 1 aliphatic carbocycles. The van der Waals surface area contributed by atoms with Crippen LogP contribution in [0.5, 0.6) is 0 Å². The Kier molecular flexibility index (Phi) is 6.86. The first kappa shape index (κ1) is 21.8. The predicted octanol–water partition coefficient (Wildman–Crippen LogP) is 4.17. The second-order valence-electron chi connectivity index (χ2n) is 7.23. The van der Waals surface area contributed by atoms with Crippen molar-refractivity contribution >= 4 is 11.8 Å². The van der Waals surface area contributed by atoms with Crippen molar-refractivity contribution in [2.45, 2.75) is 24.2 Å². The Balaban J connectivity index is 1.19. The second-order valence-corrected chi connectivity index (χ2v) is 8.29. The molecule has 3 aliphatic rings. The van der Waals surface area contributed by atoms with Crippen LogP contribution in [0.25, 0.3) is 0 Å². The molecule has 2 aliphatic heterocycles. The highest BCUT2D eigenvalue weighted by Crippen LogP contribution is 2.29. The van der Waals surface area contributed by atoms with Gasteiger partial charge in [0.2, 0.25) is 5.88 Å². The average Bonchev–Trinajstić information content (AvgIpc) is 2.80. The average molecular weight is 453 g/mol. The number of thioether (sulfide) groups is 1. The van der Waals surface area contributed by atoms with Crippen molar-refractivity contribution in [3.05, 3.63) is 65.9 Å². The van der Waals surface area contributed by atoms with Crippen molar-refractivity contribution in [1.29, 1.82) is 0 Å². The fourth-order valence-electron chi connectivity index (χ4n) is 3.42. The van der Waals surface area contributed by atoms with Crippen molar-refractivity contribution in [1.82, 2.24) is 19.8 Å². The first-order valence-electron chi connectivity index (χ1n) is 10.1. The lowest BCUT2D eigenvalue weighted by Gasteiger charge is -2.36. The van der Waals surface area contributed by atoms with Gasteiger partial charge in [-0.05, 0) is 24.5 Å². The number of piperazine rings is 1. The van der Waals surface area contributed by atoms with E-state index in [9.17, 15) is 13.2 Å². The summed E-state index contributed by atoms with van der Waals surface area (Å²) < 4.78 is 49.8. The van der Waals surface area contributed by atoms with Crippen LogP contribution in [0.3, 0.4) is 0 Å². The van der Waals surface area contributed by atoms with E-state index in [1.807, 2.05) is 12.2 Å². The molecular weight excluding hydrogens is 429 g/mol. The van der Waals surface area contributed by atoms with Gasteiger partial charge in [0.05, 0.1) is 0 Å². The predicted molar refractivity (Wildman–Crippen MR) is 111 cm³/mol. The Morgan fingerprint density at radius 3 is 2.61 bits per heavy atom. The number of hydrogen-bond donors (Lipinski definition) is 0. The SMILES string of the molecule is FC(F)(F)c1ccnc(SCCN2CCN(C3=COC(C4=CC=CCC4)=CO3)CC2)n1. The lowest BCUT2D eigenvalue weighted by atomic mass is 10.0. The molecule has 166 valence electrons. The van der Waals surface area contributed by atoms with Crippen LogP contribution in [-0.2, 0) is 15.7 Å². The summed E-state index contributed by atoms with van der Waals surface area (Å²) in [5.74, 6) is 2.07. The summed E-state index contributed by atoms with van der Waals surface area (Å²) in [6.07, 6.45) is 8.16. The molecular formula is C21H23F3N4O2S. The van der Waals surface area contributed by atoms with Crippen molar-refractivity contribution in [3.8, 4) is 0 Å².